The van der Waals surface area contributed by atoms with Crippen LogP contribution in [-0.2, 0) is 10.9 Å². The molecule has 0 radical (unpaired) electrons. The van der Waals surface area contributed by atoms with Crippen molar-refractivity contribution in [1.29, 1.82) is 0 Å². The van der Waals surface area contributed by atoms with Crippen LogP contribution in [0.15, 0.2) is 47.3 Å². The van der Waals surface area contributed by atoms with E-state index in [2.05, 4.69) is 25.3 Å². The summed E-state index contributed by atoms with van der Waals surface area (Å²) in [5.41, 5.74) is 4.31. The average Bonchev–Trinajstić information content (AvgIpc) is 2.84. The highest BCUT2D eigenvalue weighted by molar-refractivity contribution is 5.90. The number of benzene rings is 2. The van der Waals surface area contributed by atoms with Crippen molar-refractivity contribution < 1.29 is 32.5 Å². The zero-order valence-electron chi connectivity index (χ0n) is 20.5. The molecule has 2 aromatic carbocycles. The minimum absolute atomic E-state index is 0.0225. The monoisotopic (exact) mass is 545 g/mol. The van der Waals surface area contributed by atoms with Crippen molar-refractivity contribution in [2.45, 2.75) is 19.1 Å². The van der Waals surface area contributed by atoms with E-state index in [1.54, 1.807) is 25.1 Å². The number of para-hydroxylation sites is 1. The molecule has 1 amide bonds. The molecule has 1 atom stereocenters. The first kappa shape index (κ1) is 27.1. The molecule has 0 bridgehead atoms. The van der Waals surface area contributed by atoms with E-state index in [4.69, 9.17) is 15.2 Å². The van der Waals surface area contributed by atoms with Gasteiger partial charge in [-0.1, -0.05) is 12.1 Å². The molecule has 0 saturated carbocycles. The van der Waals surface area contributed by atoms with E-state index in [1.807, 2.05) is 5.32 Å². The molecule has 2 heterocycles. The first-order valence-electron chi connectivity index (χ1n) is 11.3. The van der Waals surface area contributed by atoms with Gasteiger partial charge in [0.1, 0.15) is 5.52 Å². The minimum atomic E-state index is -4.71. The molecule has 0 spiro atoms. The van der Waals surface area contributed by atoms with Gasteiger partial charge in [0.05, 0.1) is 29.1 Å². The smallest absolute Gasteiger partial charge is 0.416 e. The van der Waals surface area contributed by atoms with Gasteiger partial charge in [0.25, 0.3) is 5.56 Å². The van der Waals surface area contributed by atoms with Crippen LogP contribution in [-0.4, -0.2) is 50.9 Å². The Morgan fingerprint density at radius 1 is 1.18 bits per heavy atom. The quantitative estimate of drug-likeness (QED) is 0.214. The number of aromatic amines is 1. The number of amides is 1. The molecule has 204 valence electrons. The van der Waals surface area contributed by atoms with Crippen LogP contribution < -0.4 is 26.7 Å². The number of fused-ring (bicyclic) bond motifs is 1. The van der Waals surface area contributed by atoms with Crippen molar-refractivity contribution in [3.05, 3.63) is 58.4 Å². The summed E-state index contributed by atoms with van der Waals surface area (Å²) in [5, 5.41) is 14.2. The molecule has 0 saturated heterocycles. The van der Waals surface area contributed by atoms with E-state index in [-0.39, 0.29) is 58.5 Å². The Morgan fingerprint density at radius 2 is 1.95 bits per heavy atom. The van der Waals surface area contributed by atoms with Crippen LogP contribution in [0.2, 0.25) is 0 Å². The van der Waals surface area contributed by atoms with Crippen molar-refractivity contribution >= 4 is 34.6 Å². The fourth-order valence-corrected chi connectivity index (χ4v) is 3.65. The number of carbonyl (C=O) groups is 1. The van der Waals surface area contributed by atoms with E-state index in [1.165, 1.54) is 13.2 Å². The lowest BCUT2D eigenvalue weighted by molar-refractivity contribution is -0.137. The number of methoxy groups -OCH3 is 1. The van der Waals surface area contributed by atoms with Crippen LogP contribution in [0, 0.1) is 0 Å². The van der Waals surface area contributed by atoms with E-state index in [0.717, 1.165) is 12.1 Å². The van der Waals surface area contributed by atoms with Gasteiger partial charge >= 0.3 is 12.3 Å². The number of rotatable bonds is 8. The molecule has 39 heavy (non-hydrogen) atoms. The molecule has 4 aromatic rings. The maximum atomic E-state index is 13.3. The number of aromatic nitrogens is 4. The molecule has 2 aromatic heterocycles. The maximum Gasteiger partial charge on any atom is 0.416 e. The van der Waals surface area contributed by atoms with Gasteiger partial charge in [0, 0.05) is 24.8 Å². The highest BCUT2D eigenvalue weighted by Gasteiger charge is 2.31. The predicted octanol–water partition coefficient (Wildman–Crippen LogP) is 4.31. The van der Waals surface area contributed by atoms with E-state index < -0.39 is 23.4 Å². The molecule has 0 fully saturated rings. The van der Waals surface area contributed by atoms with Gasteiger partial charge in [0.2, 0.25) is 11.8 Å². The average molecular weight is 545 g/mol. The van der Waals surface area contributed by atoms with Crippen molar-refractivity contribution in [3.8, 4) is 22.9 Å². The number of nitrogens with two attached hydrogens (primary N) is 1. The molecule has 6 N–H and O–H groups in total. The lowest BCUT2D eigenvalue weighted by atomic mass is 10.1. The molecule has 0 aliphatic carbocycles. The number of nitrogens with zero attached hydrogens (tertiary/aromatic N) is 3. The zero-order chi connectivity index (χ0) is 28.3. The third-order valence-electron chi connectivity index (χ3n) is 5.29. The Balaban J connectivity index is 1.85. The highest BCUT2D eigenvalue weighted by Crippen LogP contribution is 2.37. The van der Waals surface area contributed by atoms with E-state index in [9.17, 15) is 27.9 Å². The number of carboxylic acid groups (broad SMARTS) is 1. The lowest BCUT2D eigenvalue weighted by Crippen LogP contribution is -2.22. The fraction of sp³-hybridized carbons (Fsp3) is 0.208. The number of ether oxygens (including phenoxy) is 2. The van der Waals surface area contributed by atoms with E-state index in [0.29, 0.717) is 11.6 Å². The lowest BCUT2D eigenvalue weighted by Gasteiger charge is -2.17. The summed E-state index contributed by atoms with van der Waals surface area (Å²) >= 11 is 0. The number of H-pyrrole nitrogens is 1. The normalized spacial score (nSPS) is 12.2. The Kier molecular flexibility index (Phi) is 7.53. The van der Waals surface area contributed by atoms with E-state index >= 15 is 0 Å². The molecular weight excluding hydrogens is 523 g/mol. The van der Waals surface area contributed by atoms with Gasteiger partial charge in [0.15, 0.2) is 11.6 Å². The number of hydrogen-bond acceptors (Lipinski definition) is 9. The Labute approximate surface area is 218 Å². The van der Waals surface area contributed by atoms with Crippen LogP contribution in [0.4, 0.5) is 35.4 Å². The third-order valence-corrected chi connectivity index (χ3v) is 5.29. The standard InChI is InChI=1S/C24H22F3N7O5/c1-11(10-38-2)29-22-31-16(13-7-6-12(24(25,26)27)8-15(13)32-23(36)37)9-18(33-22)39-17-5-3-4-14-19(17)34-20(28)21(35)30-14/h3-9,11,32H,10H2,1-2H3,(H2,28,34)(H,30,35)(H,36,37)(H,29,31,33)/t11-/m0/s1. The second-order valence-electron chi connectivity index (χ2n) is 8.31. The minimum Gasteiger partial charge on any atom is -0.465 e. The molecule has 4 rings (SSSR count). The Morgan fingerprint density at radius 3 is 2.64 bits per heavy atom. The fourth-order valence-electron chi connectivity index (χ4n) is 3.65. The molecule has 15 heteroatoms. The van der Waals surface area contributed by atoms with Crippen LogP contribution in [0.1, 0.15) is 12.5 Å². The van der Waals surface area contributed by atoms with Crippen LogP contribution in [0.5, 0.6) is 11.6 Å². The van der Waals surface area contributed by atoms with Gasteiger partial charge in [-0.05, 0) is 31.2 Å². The van der Waals surface area contributed by atoms with Crippen LogP contribution in [0.25, 0.3) is 22.3 Å². The molecule has 12 nitrogen and oxygen atoms in total. The number of nitrogens with one attached hydrogen (secondary N) is 3. The topological polar surface area (TPSA) is 177 Å². The summed E-state index contributed by atoms with van der Waals surface area (Å²) in [6.07, 6.45) is -6.28. The van der Waals surface area contributed by atoms with Crippen molar-refractivity contribution in [2.75, 3.05) is 30.1 Å². The largest absolute Gasteiger partial charge is 0.465 e. The number of anilines is 3. The SMILES string of the molecule is COC[C@H](C)Nc1nc(Oc2cccc3[nH]c(=O)c(N)nc23)cc(-c2ccc(C(F)(F)F)cc2NC(=O)O)n1. The Bertz CT molecular complexity index is 1590. The number of halogens is 3. The third kappa shape index (κ3) is 6.32. The Hall–Kier alpha value is -4.92. The van der Waals surface area contributed by atoms with Crippen molar-refractivity contribution in [2.24, 2.45) is 0 Å². The molecular formula is C24H22F3N7O5. The first-order valence-corrected chi connectivity index (χ1v) is 11.3. The molecule has 0 aliphatic rings. The van der Waals surface area contributed by atoms with Gasteiger partial charge in [-0.3, -0.25) is 10.1 Å². The summed E-state index contributed by atoms with van der Waals surface area (Å²) in [7, 11) is 1.50. The summed E-state index contributed by atoms with van der Waals surface area (Å²) in [6.45, 7) is 2.05. The van der Waals surface area contributed by atoms with Crippen LogP contribution >= 0.6 is 0 Å². The number of hydrogen-bond donors (Lipinski definition) is 5. The summed E-state index contributed by atoms with van der Waals surface area (Å²) in [6, 6.07) is 8.32. The number of nitrogen functional groups attached to an aromatic ring is 1. The summed E-state index contributed by atoms with van der Waals surface area (Å²) < 4.78 is 51.0. The summed E-state index contributed by atoms with van der Waals surface area (Å²) in [5.74, 6) is -0.166. The van der Waals surface area contributed by atoms with Crippen molar-refractivity contribution in [1.82, 2.24) is 19.9 Å². The second kappa shape index (κ2) is 10.8. The van der Waals surface area contributed by atoms with Gasteiger partial charge in [-0.2, -0.15) is 18.2 Å². The van der Waals surface area contributed by atoms with Crippen molar-refractivity contribution in [3.63, 3.8) is 0 Å². The highest BCUT2D eigenvalue weighted by atomic mass is 19.4. The first-order chi connectivity index (χ1) is 18.4. The number of alkyl halides is 3. The predicted molar refractivity (Wildman–Crippen MR) is 136 cm³/mol. The molecule has 0 unspecified atom stereocenters. The summed E-state index contributed by atoms with van der Waals surface area (Å²) in [4.78, 5) is 38.6. The van der Waals surface area contributed by atoms with Gasteiger partial charge < -0.3 is 30.6 Å². The van der Waals surface area contributed by atoms with Gasteiger partial charge in [-0.25, -0.2) is 14.8 Å². The van der Waals surface area contributed by atoms with Gasteiger partial charge in [-0.15, -0.1) is 0 Å². The molecule has 0 aliphatic heterocycles. The zero-order valence-corrected chi connectivity index (χ0v) is 20.5. The van der Waals surface area contributed by atoms with Crippen LogP contribution in [0.3, 0.4) is 0 Å². The maximum absolute atomic E-state index is 13.3. The second-order valence-corrected chi connectivity index (χ2v) is 8.31.